The Morgan fingerprint density at radius 1 is 1.53 bits per heavy atom. The standard InChI is InChI=1S/C13H20N2O2/c1-2-12(16)8-10-15-13(17)7-6-11-5-3-4-9-14-11/h3-5,9,12,16H,2,6-8,10H2,1H3,(H,15,17). The Morgan fingerprint density at radius 2 is 2.35 bits per heavy atom. The van der Waals surface area contributed by atoms with Crippen LogP contribution in [0.2, 0.25) is 0 Å². The number of aliphatic hydroxyl groups is 1. The van der Waals surface area contributed by atoms with Gasteiger partial charge in [0, 0.05) is 24.9 Å². The predicted molar refractivity (Wildman–Crippen MR) is 66.5 cm³/mol. The van der Waals surface area contributed by atoms with E-state index in [2.05, 4.69) is 10.3 Å². The lowest BCUT2D eigenvalue weighted by Crippen LogP contribution is -2.27. The maximum Gasteiger partial charge on any atom is 0.220 e. The van der Waals surface area contributed by atoms with Crippen molar-refractivity contribution in [2.45, 2.75) is 38.7 Å². The fourth-order valence-corrected chi connectivity index (χ4v) is 1.46. The molecule has 1 aromatic rings. The molecule has 1 aromatic heterocycles. The van der Waals surface area contributed by atoms with Crippen LogP contribution in [-0.2, 0) is 11.2 Å². The Balaban J connectivity index is 2.13. The van der Waals surface area contributed by atoms with Crippen molar-refractivity contribution in [3.8, 4) is 0 Å². The number of nitrogens with one attached hydrogen (secondary N) is 1. The smallest absolute Gasteiger partial charge is 0.220 e. The Hall–Kier alpha value is -1.42. The summed E-state index contributed by atoms with van der Waals surface area (Å²) < 4.78 is 0. The third-order valence-corrected chi connectivity index (χ3v) is 2.61. The monoisotopic (exact) mass is 236 g/mol. The first kappa shape index (κ1) is 13.6. The lowest BCUT2D eigenvalue weighted by atomic mass is 10.2. The van der Waals surface area contributed by atoms with Gasteiger partial charge in [0.15, 0.2) is 0 Å². The van der Waals surface area contributed by atoms with Gasteiger partial charge >= 0.3 is 0 Å². The molecule has 0 bridgehead atoms. The van der Waals surface area contributed by atoms with Crippen LogP contribution in [0.4, 0.5) is 0 Å². The topological polar surface area (TPSA) is 62.2 Å². The first-order valence-electron chi connectivity index (χ1n) is 6.07. The van der Waals surface area contributed by atoms with Gasteiger partial charge in [0.1, 0.15) is 0 Å². The molecular formula is C13H20N2O2. The Bertz CT molecular complexity index is 327. The van der Waals surface area contributed by atoms with Gasteiger partial charge in [-0.2, -0.15) is 0 Å². The number of aryl methyl sites for hydroxylation is 1. The van der Waals surface area contributed by atoms with Crippen LogP contribution in [0.3, 0.4) is 0 Å². The summed E-state index contributed by atoms with van der Waals surface area (Å²) in [4.78, 5) is 15.6. The van der Waals surface area contributed by atoms with Crippen LogP contribution in [0.1, 0.15) is 31.9 Å². The number of aromatic nitrogens is 1. The Kier molecular flexibility index (Phi) is 6.25. The highest BCUT2D eigenvalue weighted by Gasteiger charge is 2.04. The van der Waals surface area contributed by atoms with Crippen LogP contribution >= 0.6 is 0 Å². The first-order valence-corrected chi connectivity index (χ1v) is 6.07. The van der Waals surface area contributed by atoms with Crippen LogP contribution < -0.4 is 5.32 Å². The van der Waals surface area contributed by atoms with Crippen molar-refractivity contribution >= 4 is 5.91 Å². The van der Waals surface area contributed by atoms with Gasteiger partial charge in [-0.15, -0.1) is 0 Å². The molecule has 0 spiro atoms. The molecule has 2 N–H and O–H groups in total. The molecule has 1 unspecified atom stereocenters. The predicted octanol–water partition coefficient (Wildman–Crippen LogP) is 1.29. The van der Waals surface area contributed by atoms with Gasteiger partial charge in [-0.05, 0) is 31.4 Å². The fourth-order valence-electron chi connectivity index (χ4n) is 1.46. The van der Waals surface area contributed by atoms with Crippen molar-refractivity contribution in [1.29, 1.82) is 0 Å². The van der Waals surface area contributed by atoms with Crippen LogP contribution in [-0.4, -0.2) is 28.6 Å². The van der Waals surface area contributed by atoms with Crippen molar-refractivity contribution in [3.63, 3.8) is 0 Å². The van der Waals surface area contributed by atoms with Gasteiger partial charge in [-0.25, -0.2) is 0 Å². The summed E-state index contributed by atoms with van der Waals surface area (Å²) >= 11 is 0. The Labute approximate surface area is 102 Å². The van der Waals surface area contributed by atoms with Crippen molar-refractivity contribution in [1.82, 2.24) is 10.3 Å². The first-order chi connectivity index (χ1) is 8.22. The summed E-state index contributed by atoms with van der Waals surface area (Å²) in [5.74, 6) is 0.0129. The van der Waals surface area contributed by atoms with E-state index in [-0.39, 0.29) is 12.0 Å². The van der Waals surface area contributed by atoms with Gasteiger partial charge < -0.3 is 10.4 Å². The summed E-state index contributed by atoms with van der Waals surface area (Å²) in [5.41, 5.74) is 0.927. The second-order valence-electron chi connectivity index (χ2n) is 4.02. The highest BCUT2D eigenvalue weighted by Crippen LogP contribution is 1.99. The summed E-state index contributed by atoms with van der Waals surface area (Å²) in [6.07, 6.45) is 3.86. The van der Waals surface area contributed by atoms with E-state index in [4.69, 9.17) is 0 Å². The quantitative estimate of drug-likeness (QED) is 0.750. The zero-order valence-electron chi connectivity index (χ0n) is 10.2. The molecule has 1 amide bonds. The van der Waals surface area contributed by atoms with Crippen molar-refractivity contribution in [3.05, 3.63) is 30.1 Å². The molecule has 0 saturated carbocycles. The number of hydrogen-bond acceptors (Lipinski definition) is 3. The number of nitrogens with zero attached hydrogens (tertiary/aromatic N) is 1. The van der Waals surface area contributed by atoms with E-state index in [0.717, 1.165) is 12.1 Å². The van der Waals surface area contributed by atoms with Gasteiger partial charge in [-0.3, -0.25) is 9.78 Å². The lowest BCUT2D eigenvalue weighted by Gasteiger charge is -2.08. The van der Waals surface area contributed by atoms with Crippen LogP contribution in [0.5, 0.6) is 0 Å². The van der Waals surface area contributed by atoms with E-state index >= 15 is 0 Å². The van der Waals surface area contributed by atoms with E-state index in [1.54, 1.807) is 6.20 Å². The summed E-state index contributed by atoms with van der Waals surface area (Å²) in [6, 6.07) is 5.68. The number of rotatable bonds is 7. The summed E-state index contributed by atoms with van der Waals surface area (Å²) in [7, 11) is 0. The molecule has 0 aliphatic carbocycles. The average Bonchev–Trinajstić information content (AvgIpc) is 2.37. The second-order valence-corrected chi connectivity index (χ2v) is 4.02. The molecule has 94 valence electrons. The lowest BCUT2D eigenvalue weighted by molar-refractivity contribution is -0.121. The summed E-state index contributed by atoms with van der Waals surface area (Å²) in [6.45, 7) is 2.46. The van der Waals surface area contributed by atoms with E-state index in [1.807, 2.05) is 25.1 Å². The Morgan fingerprint density at radius 3 is 3.00 bits per heavy atom. The molecule has 0 aromatic carbocycles. The third-order valence-electron chi connectivity index (χ3n) is 2.61. The van der Waals surface area contributed by atoms with Gasteiger partial charge in [0.05, 0.1) is 6.10 Å². The number of amides is 1. The zero-order chi connectivity index (χ0) is 12.5. The molecule has 0 aliphatic rings. The van der Waals surface area contributed by atoms with Gasteiger partial charge in [0.25, 0.3) is 0 Å². The summed E-state index contributed by atoms with van der Waals surface area (Å²) in [5, 5.41) is 12.1. The largest absolute Gasteiger partial charge is 0.393 e. The fraction of sp³-hybridized carbons (Fsp3) is 0.538. The molecule has 0 radical (unpaired) electrons. The van der Waals surface area contributed by atoms with Crippen molar-refractivity contribution in [2.75, 3.05) is 6.54 Å². The molecule has 1 atom stereocenters. The molecule has 0 fully saturated rings. The molecular weight excluding hydrogens is 216 g/mol. The molecule has 1 rings (SSSR count). The average molecular weight is 236 g/mol. The van der Waals surface area contributed by atoms with Gasteiger partial charge in [0.2, 0.25) is 5.91 Å². The number of aliphatic hydroxyl groups excluding tert-OH is 1. The zero-order valence-corrected chi connectivity index (χ0v) is 10.2. The normalized spacial score (nSPS) is 12.1. The number of pyridine rings is 1. The number of carbonyl (C=O) groups is 1. The van der Waals surface area contributed by atoms with E-state index < -0.39 is 0 Å². The van der Waals surface area contributed by atoms with Crippen LogP contribution in [0, 0.1) is 0 Å². The maximum atomic E-state index is 11.5. The van der Waals surface area contributed by atoms with Gasteiger partial charge in [-0.1, -0.05) is 13.0 Å². The van der Waals surface area contributed by atoms with Crippen molar-refractivity contribution < 1.29 is 9.90 Å². The number of carbonyl (C=O) groups excluding carboxylic acids is 1. The highest BCUT2D eigenvalue weighted by atomic mass is 16.3. The van der Waals surface area contributed by atoms with E-state index in [9.17, 15) is 9.90 Å². The molecule has 4 heteroatoms. The maximum absolute atomic E-state index is 11.5. The van der Waals surface area contributed by atoms with Crippen LogP contribution in [0.25, 0.3) is 0 Å². The minimum Gasteiger partial charge on any atom is -0.393 e. The third kappa shape index (κ3) is 6.02. The van der Waals surface area contributed by atoms with E-state index in [0.29, 0.717) is 25.8 Å². The van der Waals surface area contributed by atoms with Crippen LogP contribution in [0.15, 0.2) is 24.4 Å². The molecule has 1 heterocycles. The highest BCUT2D eigenvalue weighted by molar-refractivity contribution is 5.76. The second kappa shape index (κ2) is 7.79. The SMILES string of the molecule is CCC(O)CCNC(=O)CCc1ccccn1. The molecule has 0 aliphatic heterocycles. The minimum absolute atomic E-state index is 0.0129. The minimum atomic E-state index is -0.314. The number of hydrogen-bond donors (Lipinski definition) is 2. The molecule has 17 heavy (non-hydrogen) atoms. The molecule has 4 nitrogen and oxygen atoms in total. The van der Waals surface area contributed by atoms with E-state index in [1.165, 1.54) is 0 Å². The van der Waals surface area contributed by atoms with Crippen molar-refractivity contribution in [2.24, 2.45) is 0 Å². The molecule has 0 saturated heterocycles.